The van der Waals surface area contributed by atoms with Crippen LogP contribution in [0.4, 0.5) is 0 Å². The SMILES string of the molecule is CCCC1CN1CCCc1ccc(C(N)=O)cc1. The van der Waals surface area contributed by atoms with Crippen LogP contribution in [-0.4, -0.2) is 29.9 Å². The summed E-state index contributed by atoms with van der Waals surface area (Å²) in [6.45, 7) is 4.73. The zero-order valence-electron chi connectivity index (χ0n) is 11.1. The number of carbonyl (C=O) groups is 1. The van der Waals surface area contributed by atoms with E-state index in [1.54, 1.807) is 0 Å². The Morgan fingerprint density at radius 1 is 1.39 bits per heavy atom. The van der Waals surface area contributed by atoms with Gasteiger partial charge in [0.15, 0.2) is 0 Å². The van der Waals surface area contributed by atoms with E-state index in [1.165, 1.54) is 37.9 Å². The number of benzene rings is 1. The van der Waals surface area contributed by atoms with Crippen molar-refractivity contribution in [3.8, 4) is 0 Å². The molecule has 0 saturated carbocycles. The van der Waals surface area contributed by atoms with Gasteiger partial charge in [0, 0.05) is 18.2 Å². The molecule has 1 aromatic carbocycles. The second-order valence-corrected chi connectivity index (χ2v) is 5.10. The third-order valence-corrected chi connectivity index (χ3v) is 3.60. The summed E-state index contributed by atoms with van der Waals surface area (Å²) in [5, 5.41) is 0. The Kier molecular flexibility index (Phi) is 4.37. The molecule has 18 heavy (non-hydrogen) atoms. The Morgan fingerprint density at radius 2 is 2.11 bits per heavy atom. The molecule has 2 atom stereocenters. The van der Waals surface area contributed by atoms with E-state index in [4.69, 9.17) is 5.73 Å². The summed E-state index contributed by atoms with van der Waals surface area (Å²) in [6, 6.07) is 8.49. The number of hydrogen-bond donors (Lipinski definition) is 1. The van der Waals surface area contributed by atoms with Crippen LogP contribution in [0.3, 0.4) is 0 Å². The van der Waals surface area contributed by atoms with Gasteiger partial charge in [-0.3, -0.25) is 9.69 Å². The highest BCUT2D eigenvalue weighted by molar-refractivity contribution is 5.92. The molecule has 1 aliphatic heterocycles. The minimum atomic E-state index is -0.354. The van der Waals surface area contributed by atoms with Crippen LogP contribution in [0.2, 0.25) is 0 Å². The lowest BCUT2D eigenvalue weighted by atomic mass is 10.1. The first kappa shape index (κ1) is 13.1. The van der Waals surface area contributed by atoms with Gasteiger partial charge < -0.3 is 5.73 Å². The number of hydrogen-bond acceptors (Lipinski definition) is 2. The largest absolute Gasteiger partial charge is 0.366 e. The average Bonchev–Trinajstić information content (AvgIpc) is 3.09. The van der Waals surface area contributed by atoms with Crippen LogP contribution in [-0.2, 0) is 6.42 Å². The van der Waals surface area contributed by atoms with E-state index in [9.17, 15) is 4.79 Å². The first-order valence-electron chi connectivity index (χ1n) is 6.83. The fourth-order valence-electron chi connectivity index (χ4n) is 2.43. The molecule has 2 N–H and O–H groups in total. The first-order valence-corrected chi connectivity index (χ1v) is 6.83. The maximum absolute atomic E-state index is 10.9. The standard InChI is InChI=1S/C15H22N2O/c1-2-4-14-11-17(14)10-3-5-12-6-8-13(9-7-12)15(16)18/h6-9,14H,2-5,10-11H2,1H3,(H2,16,18). The second kappa shape index (κ2) is 6.01. The van der Waals surface area contributed by atoms with Gasteiger partial charge in [0.05, 0.1) is 0 Å². The van der Waals surface area contributed by atoms with Crippen molar-refractivity contribution in [2.75, 3.05) is 13.1 Å². The lowest BCUT2D eigenvalue weighted by molar-refractivity contribution is 0.100. The van der Waals surface area contributed by atoms with Gasteiger partial charge in [-0.05, 0) is 43.5 Å². The fourth-order valence-corrected chi connectivity index (χ4v) is 2.43. The molecule has 1 heterocycles. The quantitative estimate of drug-likeness (QED) is 0.750. The van der Waals surface area contributed by atoms with Crippen LogP contribution in [0.5, 0.6) is 0 Å². The molecule has 1 saturated heterocycles. The van der Waals surface area contributed by atoms with Gasteiger partial charge in [-0.2, -0.15) is 0 Å². The molecule has 3 nitrogen and oxygen atoms in total. The van der Waals surface area contributed by atoms with E-state index in [0.29, 0.717) is 5.56 Å². The number of amides is 1. The normalized spacial score (nSPS) is 21.8. The molecular formula is C15H22N2O. The Labute approximate surface area is 109 Å². The predicted molar refractivity (Wildman–Crippen MR) is 73.5 cm³/mol. The topological polar surface area (TPSA) is 46.1 Å². The van der Waals surface area contributed by atoms with Crippen molar-refractivity contribution < 1.29 is 4.79 Å². The zero-order valence-corrected chi connectivity index (χ0v) is 11.1. The lowest BCUT2D eigenvalue weighted by Crippen LogP contribution is -2.10. The maximum Gasteiger partial charge on any atom is 0.248 e. The van der Waals surface area contributed by atoms with Gasteiger partial charge >= 0.3 is 0 Å². The molecule has 1 fully saturated rings. The van der Waals surface area contributed by atoms with Crippen LogP contribution < -0.4 is 5.73 Å². The third-order valence-electron chi connectivity index (χ3n) is 3.60. The van der Waals surface area contributed by atoms with Crippen LogP contribution in [0.25, 0.3) is 0 Å². The molecular weight excluding hydrogens is 224 g/mol. The molecule has 2 unspecified atom stereocenters. The molecule has 1 aromatic rings. The predicted octanol–water partition coefficient (Wildman–Crippen LogP) is 2.20. The van der Waals surface area contributed by atoms with Gasteiger partial charge in [-0.1, -0.05) is 25.5 Å². The van der Waals surface area contributed by atoms with Crippen molar-refractivity contribution in [3.05, 3.63) is 35.4 Å². The molecule has 98 valence electrons. The molecule has 1 aliphatic rings. The fraction of sp³-hybridized carbons (Fsp3) is 0.533. The summed E-state index contributed by atoms with van der Waals surface area (Å²) >= 11 is 0. The lowest BCUT2D eigenvalue weighted by Gasteiger charge is -2.04. The van der Waals surface area contributed by atoms with Gasteiger partial charge in [0.2, 0.25) is 5.91 Å². The highest BCUT2D eigenvalue weighted by atomic mass is 16.1. The number of nitrogens with two attached hydrogens (primary N) is 1. The monoisotopic (exact) mass is 246 g/mol. The van der Waals surface area contributed by atoms with Crippen LogP contribution in [0, 0.1) is 0 Å². The minimum absolute atomic E-state index is 0.354. The average molecular weight is 246 g/mol. The van der Waals surface area contributed by atoms with Crippen LogP contribution >= 0.6 is 0 Å². The summed E-state index contributed by atoms with van der Waals surface area (Å²) in [7, 11) is 0. The van der Waals surface area contributed by atoms with E-state index in [1.807, 2.05) is 24.3 Å². The molecule has 0 aromatic heterocycles. The molecule has 2 rings (SSSR count). The molecule has 1 amide bonds. The highest BCUT2D eigenvalue weighted by Crippen LogP contribution is 2.22. The Bertz CT molecular complexity index is 399. The Balaban J connectivity index is 1.69. The summed E-state index contributed by atoms with van der Waals surface area (Å²) in [6.07, 6.45) is 4.90. The van der Waals surface area contributed by atoms with Crippen molar-refractivity contribution >= 4 is 5.91 Å². The van der Waals surface area contributed by atoms with Crippen molar-refractivity contribution in [1.29, 1.82) is 0 Å². The van der Waals surface area contributed by atoms with Crippen LogP contribution in [0.15, 0.2) is 24.3 Å². The van der Waals surface area contributed by atoms with Gasteiger partial charge in [-0.15, -0.1) is 0 Å². The number of aryl methyl sites for hydroxylation is 1. The van der Waals surface area contributed by atoms with Gasteiger partial charge in [0.1, 0.15) is 0 Å². The number of primary amides is 1. The smallest absolute Gasteiger partial charge is 0.248 e. The number of carbonyl (C=O) groups excluding carboxylic acids is 1. The number of rotatable bonds is 7. The summed E-state index contributed by atoms with van der Waals surface area (Å²) < 4.78 is 0. The van der Waals surface area contributed by atoms with Crippen molar-refractivity contribution in [2.45, 2.75) is 38.6 Å². The number of nitrogens with zero attached hydrogens (tertiary/aromatic N) is 1. The minimum Gasteiger partial charge on any atom is -0.366 e. The molecule has 0 aliphatic carbocycles. The van der Waals surface area contributed by atoms with E-state index >= 15 is 0 Å². The maximum atomic E-state index is 10.9. The summed E-state index contributed by atoms with van der Waals surface area (Å²) in [5.41, 5.74) is 7.09. The Hall–Kier alpha value is -1.35. The van der Waals surface area contributed by atoms with Crippen molar-refractivity contribution in [3.63, 3.8) is 0 Å². The third kappa shape index (κ3) is 3.57. The van der Waals surface area contributed by atoms with E-state index in [2.05, 4.69) is 11.8 Å². The Morgan fingerprint density at radius 3 is 2.72 bits per heavy atom. The van der Waals surface area contributed by atoms with Crippen molar-refractivity contribution in [2.24, 2.45) is 5.73 Å². The summed E-state index contributed by atoms with van der Waals surface area (Å²) in [4.78, 5) is 13.5. The van der Waals surface area contributed by atoms with Crippen LogP contribution in [0.1, 0.15) is 42.1 Å². The first-order chi connectivity index (χ1) is 8.70. The van der Waals surface area contributed by atoms with Gasteiger partial charge in [-0.25, -0.2) is 0 Å². The molecule has 3 heteroatoms. The summed E-state index contributed by atoms with van der Waals surface area (Å²) in [5.74, 6) is -0.354. The molecule has 0 radical (unpaired) electrons. The second-order valence-electron chi connectivity index (χ2n) is 5.10. The zero-order chi connectivity index (χ0) is 13.0. The molecule has 0 spiro atoms. The van der Waals surface area contributed by atoms with Crippen molar-refractivity contribution in [1.82, 2.24) is 4.90 Å². The van der Waals surface area contributed by atoms with E-state index < -0.39 is 0 Å². The molecule has 0 bridgehead atoms. The van der Waals surface area contributed by atoms with E-state index in [-0.39, 0.29) is 5.91 Å². The van der Waals surface area contributed by atoms with E-state index in [0.717, 1.165) is 12.5 Å². The van der Waals surface area contributed by atoms with Gasteiger partial charge in [0.25, 0.3) is 0 Å². The highest BCUT2D eigenvalue weighted by Gasteiger charge is 2.31.